The first-order chi connectivity index (χ1) is 9.29. The smallest absolute Gasteiger partial charge is 0.116 e. The van der Waals surface area contributed by atoms with Crippen LogP contribution in [0.5, 0.6) is 5.75 Å². The van der Waals surface area contributed by atoms with Crippen molar-refractivity contribution in [1.82, 2.24) is 4.90 Å². The lowest BCUT2D eigenvalue weighted by molar-refractivity contribution is 0.204. The van der Waals surface area contributed by atoms with Crippen molar-refractivity contribution in [1.29, 1.82) is 0 Å². The number of hydrogen-bond donors (Lipinski definition) is 1. The molecule has 2 aliphatic heterocycles. The molecule has 1 saturated carbocycles. The lowest BCUT2D eigenvalue weighted by Crippen LogP contribution is -2.36. The van der Waals surface area contributed by atoms with Gasteiger partial charge in [0.2, 0.25) is 0 Å². The summed E-state index contributed by atoms with van der Waals surface area (Å²) in [6.07, 6.45) is 3.98. The van der Waals surface area contributed by atoms with Gasteiger partial charge in [-0.15, -0.1) is 11.3 Å². The molecule has 2 fully saturated rings. The second-order valence-electron chi connectivity index (χ2n) is 6.38. The fourth-order valence-corrected chi connectivity index (χ4v) is 6.05. The van der Waals surface area contributed by atoms with Crippen molar-refractivity contribution in [3.05, 3.63) is 28.6 Å². The van der Waals surface area contributed by atoms with Crippen molar-refractivity contribution in [2.24, 2.45) is 5.92 Å². The zero-order valence-electron chi connectivity index (χ0n) is 10.8. The maximum atomic E-state index is 9.76. The summed E-state index contributed by atoms with van der Waals surface area (Å²) in [5.74, 6) is 2.13. The minimum absolute atomic E-state index is 0.407. The molecule has 19 heavy (non-hydrogen) atoms. The molecule has 1 aliphatic carbocycles. The molecule has 1 saturated heterocycles. The predicted molar refractivity (Wildman–Crippen MR) is 78.0 cm³/mol. The Bertz CT molecular complexity index is 677. The minimum Gasteiger partial charge on any atom is -0.508 e. The molecule has 98 valence electrons. The van der Waals surface area contributed by atoms with Crippen LogP contribution in [-0.4, -0.2) is 29.1 Å². The average molecular weight is 271 g/mol. The Morgan fingerprint density at radius 3 is 3.11 bits per heavy atom. The van der Waals surface area contributed by atoms with E-state index in [1.807, 2.05) is 23.5 Å². The predicted octanol–water partition coefficient (Wildman–Crippen LogP) is 3.34. The van der Waals surface area contributed by atoms with E-state index >= 15 is 0 Å². The summed E-state index contributed by atoms with van der Waals surface area (Å²) in [5.41, 5.74) is 1.54. The zero-order chi connectivity index (χ0) is 12.6. The van der Waals surface area contributed by atoms with E-state index in [0.717, 1.165) is 17.9 Å². The van der Waals surface area contributed by atoms with Crippen LogP contribution in [0.25, 0.3) is 10.1 Å². The standard InChI is InChI=1S/C16H17NOS/c18-10-1-2-15-12(7-10)11-3-4-17-8-9-5-13(14(17)6-9)16(11)19-15/h1-2,7,9,13-14,18H,3-6,8H2/t9-,13+,14-/m0/s1. The molecule has 2 aromatic rings. The van der Waals surface area contributed by atoms with Crippen LogP contribution in [0, 0.1) is 5.92 Å². The number of piperidine rings is 1. The topological polar surface area (TPSA) is 23.5 Å². The van der Waals surface area contributed by atoms with Crippen molar-refractivity contribution in [3.8, 4) is 5.75 Å². The van der Waals surface area contributed by atoms with Gasteiger partial charge in [-0.3, -0.25) is 4.90 Å². The normalized spacial score (nSPS) is 32.7. The summed E-state index contributed by atoms with van der Waals surface area (Å²) < 4.78 is 1.36. The third-order valence-electron chi connectivity index (χ3n) is 5.38. The van der Waals surface area contributed by atoms with Crippen molar-refractivity contribution < 1.29 is 5.11 Å². The van der Waals surface area contributed by atoms with Crippen LogP contribution < -0.4 is 0 Å². The number of hydrogen-bond acceptors (Lipinski definition) is 3. The second-order valence-corrected chi connectivity index (χ2v) is 7.47. The molecule has 1 aromatic heterocycles. The highest BCUT2D eigenvalue weighted by molar-refractivity contribution is 7.19. The zero-order valence-corrected chi connectivity index (χ0v) is 11.6. The molecule has 1 N–H and O–H groups in total. The minimum atomic E-state index is 0.407. The molecule has 2 nitrogen and oxygen atoms in total. The van der Waals surface area contributed by atoms with E-state index in [4.69, 9.17) is 0 Å². The molecule has 0 unspecified atom stereocenters. The Labute approximate surface area is 116 Å². The second kappa shape index (κ2) is 3.53. The van der Waals surface area contributed by atoms with Crippen molar-refractivity contribution in [2.75, 3.05) is 13.1 Å². The van der Waals surface area contributed by atoms with Gasteiger partial charge >= 0.3 is 0 Å². The fraction of sp³-hybridized carbons (Fsp3) is 0.500. The van der Waals surface area contributed by atoms with Crippen LogP contribution in [-0.2, 0) is 6.42 Å². The number of benzene rings is 1. The Kier molecular flexibility index (Phi) is 1.98. The lowest BCUT2D eigenvalue weighted by Gasteiger charge is -2.30. The van der Waals surface area contributed by atoms with Gasteiger partial charge in [0, 0.05) is 34.6 Å². The Morgan fingerprint density at radius 2 is 2.21 bits per heavy atom. The van der Waals surface area contributed by atoms with E-state index in [0.29, 0.717) is 5.75 Å². The third-order valence-corrected chi connectivity index (χ3v) is 6.72. The first kappa shape index (κ1) is 10.7. The summed E-state index contributed by atoms with van der Waals surface area (Å²) in [6, 6.07) is 6.70. The molecule has 0 radical (unpaired) electrons. The van der Waals surface area contributed by atoms with Gasteiger partial charge in [0.05, 0.1) is 0 Å². The SMILES string of the molecule is Oc1ccc2sc3c(c2c1)CCN1C[C@H]2C[C@@H]3[C@@H]1C2. The maximum Gasteiger partial charge on any atom is 0.116 e. The van der Waals surface area contributed by atoms with Crippen LogP contribution in [0.3, 0.4) is 0 Å². The number of rotatable bonds is 0. The highest BCUT2D eigenvalue weighted by atomic mass is 32.1. The molecule has 0 amide bonds. The van der Waals surface area contributed by atoms with E-state index in [1.54, 1.807) is 4.88 Å². The van der Waals surface area contributed by atoms with Gasteiger partial charge < -0.3 is 5.11 Å². The van der Waals surface area contributed by atoms with Crippen molar-refractivity contribution in [2.45, 2.75) is 31.2 Å². The van der Waals surface area contributed by atoms with E-state index < -0.39 is 0 Å². The molecular weight excluding hydrogens is 254 g/mol. The van der Waals surface area contributed by atoms with Gasteiger partial charge in [0.15, 0.2) is 0 Å². The number of phenolic OH excluding ortho intramolecular Hbond substituents is 1. The molecule has 0 spiro atoms. The van der Waals surface area contributed by atoms with Gasteiger partial charge in [-0.1, -0.05) is 0 Å². The maximum absolute atomic E-state index is 9.76. The molecule has 1 aromatic carbocycles. The molecular formula is C16H17NOS. The lowest BCUT2D eigenvalue weighted by atomic mass is 9.95. The molecule has 3 aliphatic rings. The van der Waals surface area contributed by atoms with E-state index in [9.17, 15) is 5.11 Å². The van der Waals surface area contributed by atoms with Crippen LogP contribution in [0.2, 0.25) is 0 Å². The van der Waals surface area contributed by atoms with Gasteiger partial charge in [-0.25, -0.2) is 0 Å². The third kappa shape index (κ3) is 1.35. The summed E-state index contributed by atoms with van der Waals surface area (Å²) in [4.78, 5) is 4.36. The van der Waals surface area contributed by atoms with Crippen LogP contribution in [0.1, 0.15) is 29.2 Å². The highest BCUT2D eigenvalue weighted by Gasteiger charge is 2.47. The molecule has 3 atom stereocenters. The van der Waals surface area contributed by atoms with Crippen LogP contribution >= 0.6 is 11.3 Å². The Balaban J connectivity index is 1.75. The first-order valence-corrected chi connectivity index (χ1v) is 8.09. The summed E-state index contributed by atoms with van der Waals surface area (Å²) in [6.45, 7) is 2.55. The fourth-order valence-electron chi connectivity index (χ4n) is 4.65. The van der Waals surface area contributed by atoms with E-state index in [-0.39, 0.29) is 0 Å². The van der Waals surface area contributed by atoms with Gasteiger partial charge in [-0.05, 0) is 54.3 Å². The quantitative estimate of drug-likeness (QED) is 0.794. The largest absolute Gasteiger partial charge is 0.508 e. The number of aromatic hydroxyl groups is 1. The van der Waals surface area contributed by atoms with Crippen molar-refractivity contribution >= 4 is 21.4 Å². The molecule has 3 heteroatoms. The van der Waals surface area contributed by atoms with Crippen LogP contribution in [0.15, 0.2) is 18.2 Å². The highest BCUT2D eigenvalue weighted by Crippen LogP contribution is 2.52. The number of nitrogens with zero attached hydrogens (tertiary/aromatic N) is 1. The molecule has 3 heterocycles. The molecule has 5 rings (SSSR count). The summed E-state index contributed by atoms with van der Waals surface area (Å²) in [5, 5.41) is 11.1. The number of thiophene rings is 1. The summed E-state index contributed by atoms with van der Waals surface area (Å²) in [7, 11) is 0. The average Bonchev–Trinajstić information content (AvgIpc) is 3.05. The Morgan fingerprint density at radius 1 is 1.26 bits per heavy atom. The van der Waals surface area contributed by atoms with Gasteiger partial charge in [0.1, 0.15) is 5.75 Å². The number of fused-ring (bicyclic) bond motifs is 5. The van der Waals surface area contributed by atoms with Gasteiger partial charge in [-0.2, -0.15) is 0 Å². The number of phenols is 1. The van der Waals surface area contributed by atoms with Gasteiger partial charge in [0.25, 0.3) is 0 Å². The van der Waals surface area contributed by atoms with Crippen LogP contribution in [0.4, 0.5) is 0 Å². The van der Waals surface area contributed by atoms with E-state index in [2.05, 4.69) is 11.0 Å². The van der Waals surface area contributed by atoms with Crippen molar-refractivity contribution in [3.63, 3.8) is 0 Å². The monoisotopic (exact) mass is 271 g/mol. The summed E-state index contributed by atoms with van der Waals surface area (Å²) >= 11 is 1.98. The van der Waals surface area contributed by atoms with E-state index in [1.165, 1.54) is 48.0 Å². The molecule has 2 bridgehead atoms. The Hall–Kier alpha value is -1.06. The first-order valence-electron chi connectivity index (χ1n) is 7.28.